The van der Waals surface area contributed by atoms with E-state index in [0.717, 1.165) is 4.47 Å². The van der Waals surface area contributed by atoms with Crippen LogP contribution in [0.3, 0.4) is 0 Å². The van der Waals surface area contributed by atoms with Crippen molar-refractivity contribution in [3.63, 3.8) is 0 Å². The van der Waals surface area contributed by atoms with Crippen molar-refractivity contribution in [2.75, 3.05) is 0 Å². The summed E-state index contributed by atoms with van der Waals surface area (Å²) in [4.78, 5) is 16.9. The molecule has 3 aromatic rings. The van der Waals surface area contributed by atoms with Crippen LogP contribution in [-0.2, 0) is 16.0 Å². The summed E-state index contributed by atoms with van der Waals surface area (Å²) in [5.41, 5.74) is -2.36. The number of aliphatic hydroxyl groups is 1. The Hall–Kier alpha value is -2.92. The fourth-order valence-corrected chi connectivity index (χ4v) is 5.73. The van der Waals surface area contributed by atoms with Gasteiger partial charge in [0.05, 0.1) is 22.9 Å². The zero-order valence-electron chi connectivity index (χ0n) is 16.4. The van der Waals surface area contributed by atoms with Gasteiger partial charge in [-0.25, -0.2) is 0 Å². The van der Waals surface area contributed by atoms with Crippen LogP contribution in [0.1, 0.15) is 22.7 Å². The summed E-state index contributed by atoms with van der Waals surface area (Å²) >= 11 is 9.57. The number of hydrogen-bond donors (Lipinski definition) is 2. The SMILES string of the molecule is N#CC1C(C(=O)O)C(c2ccccc2)C2(c3ccc(Br)cc3)Oc3cc(Cl)cnc3C12O. The molecule has 1 aliphatic heterocycles. The van der Waals surface area contributed by atoms with Crippen LogP contribution in [0.2, 0.25) is 5.02 Å². The number of rotatable bonds is 3. The van der Waals surface area contributed by atoms with E-state index in [-0.39, 0.29) is 11.4 Å². The molecule has 2 heterocycles. The first kappa shape index (κ1) is 21.0. The highest BCUT2D eigenvalue weighted by Gasteiger charge is 2.78. The third kappa shape index (κ3) is 2.61. The van der Waals surface area contributed by atoms with Crippen LogP contribution in [0.5, 0.6) is 5.75 Å². The highest BCUT2D eigenvalue weighted by atomic mass is 79.9. The first-order valence-electron chi connectivity index (χ1n) is 9.85. The smallest absolute Gasteiger partial charge is 0.308 e. The lowest BCUT2D eigenvalue weighted by molar-refractivity contribution is -0.144. The molecule has 2 aromatic carbocycles. The summed E-state index contributed by atoms with van der Waals surface area (Å²) < 4.78 is 7.29. The van der Waals surface area contributed by atoms with Crippen molar-refractivity contribution in [3.8, 4) is 11.8 Å². The molecule has 1 aliphatic carbocycles. The van der Waals surface area contributed by atoms with Crippen LogP contribution in [0, 0.1) is 23.2 Å². The number of ether oxygens (including phenoxy) is 1. The van der Waals surface area contributed by atoms with Gasteiger partial charge in [-0.15, -0.1) is 0 Å². The minimum atomic E-state index is -2.03. The number of nitriles is 1. The molecule has 32 heavy (non-hydrogen) atoms. The largest absolute Gasteiger partial charge is 0.481 e. The van der Waals surface area contributed by atoms with Crippen molar-refractivity contribution in [2.24, 2.45) is 11.8 Å². The number of carbonyl (C=O) groups is 1. The molecule has 1 aromatic heterocycles. The van der Waals surface area contributed by atoms with Gasteiger partial charge in [-0.05, 0) is 23.3 Å². The maximum absolute atomic E-state index is 12.6. The molecular weight excluding hydrogens is 496 g/mol. The van der Waals surface area contributed by atoms with Gasteiger partial charge in [0, 0.05) is 22.7 Å². The van der Waals surface area contributed by atoms with Crippen LogP contribution in [0.4, 0.5) is 0 Å². The molecule has 2 N–H and O–H groups in total. The Balaban J connectivity index is 1.90. The predicted octanol–water partition coefficient (Wildman–Crippen LogP) is 4.61. The van der Waals surface area contributed by atoms with E-state index >= 15 is 0 Å². The highest BCUT2D eigenvalue weighted by Crippen LogP contribution is 2.70. The van der Waals surface area contributed by atoms with E-state index in [1.54, 1.807) is 48.5 Å². The number of pyridine rings is 1. The summed E-state index contributed by atoms with van der Waals surface area (Å²) in [5.74, 6) is -4.42. The van der Waals surface area contributed by atoms with Crippen molar-refractivity contribution in [1.82, 2.24) is 4.98 Å². The third-order valence-corrected chi connectivity index (χ3v) is 7.22. The first-order chi connectivity index (χ1) is 15.3. The molecule has 5 rings (SSSR count). The zero-order chi connectivity index (χ0) is 22.7. The van der Waals surface area contributed by atoms with E-state index in [1.165, 1.54) is 12.3 Å². The lowest BCUT2D eigenvalue weighted by Crippen LogP contribution is -2.50. The number of hydrogen-bond acceptors (Lipinski definition) is 5. The lowest BCUT2D eigenvalue weighted by atomic mass is 9.71. The molecule has 5 atom stereocenters. The van der Waals surface area contributed by atoms with Gasteiger partial charge in [0.25, 0.3) is 0 Å². The monoisotopic (exact) mass is 510 g/mol. The minimum Gasteiger partial charge on any atom is -0.481 e. The van der Waals surface area contributed by atoms with Gasteiger partial charge in [0.15, 0.2) is 11.2 Å². The highest BCUT2D eigenvalue weighted by molar-refractivity contribution is 9.10. The van der Waals surface area contributed by atoms with Crippen LogP contribution in [0.25, 0.3) is 0 Å². The summed E-state index contributed by atoms with van der Waals surface area (Å²) in [7, 11) is 0. The summed E-state index contributed by atoms with van der Waals surface area (Å²) in [6.07, 6.45) is 1.36. The van der Waals surface area contributed by atoms with E-state index in [2.05, 4.69) is 27.0 Å². The van der Waals surface area contributed by atoms with E-state index < -0.39 is 34.9 Å². The number of fused-ring (bicyclic) bond motifs is 3. The van der Waals surface area contributed by atoms with E-state index in [4.69, 9.17) is 16.3 Å². The number of aliphatic carboxylic acids is 1. The number of halogens is 2. The molecule has 0 spiro atoms. The van der Waals surface area contributed by atoms with Crippen LogP contribution >= 0.6 is 27.5 Å². The molecule has 1 saturated carbocycles. The van der Waals surface area contributed by atoms with Crippen LogP contribution < -0.4 is 4.74 Å². The molecule has 5 unspecified atom stereocenters. The normalized spacial score (nSPS) is 30.1. The molecule has 2 aliphatic rings. The Morgan fingerprint density at radius 2 is 1.88 bits per heavy atom. The average molecular weight is 512 g/mol. The minimum absolute atomic E-state index is 0.112. The molecule has 0 saturated heterocycles. The lowest BCUT2D eigenvalue weighted by Gasteiger charge is -2.40. The van der Waals surface area contributed by atoms with Crippen LogP contribution in [0.15, 0.2) is 71.3 Å². The number of carboxylic acids is 1. The second kappa shape index (κ2) is 7.31. The summed E-state index contributed by atoms with van der Waals surface area (Å²) in [6.45, 7) is 0. The fraction of sp³-hybridized carbons (Fsp3) is 0.208. The topological polar surface area (TPSA) is 103 Å². The van der Waals surface area contributed by atoms with Crippen molar-refractivity contribution in [3.05, 3.63) is 93.2 Å². The van der Waals surface area contributed by atoms with Gasteiger partial charge in [0.2, 0.25) is 0 Å². The Kier molecular flexibility index (Phi) is 4.79. The molecule has 8 heteroatoms. The Morgan fingerprint density at radius 3 is 2.50 bits per heavy atom. The van der Waals surface area contributed by atoms with E-state index in [0.29, 0.717) is 16.1 Å². The average Bonchev–Trinajstić information content (AvgIpc) is 3.16. The van der Waals surface area contributed by atoms with Gasteiger partial charge in [-0.1, -0.05) is 70.0 Å². The Labute approximate surface area is 197 Å². The first-order valence-corrected chi connectivity index (χ1v) is 11.0. The van der Waals surface area contributed by atoms with Crippen molar-refractivity contribution in [2.45, 2.75) is 17.1 Å². The number of carboxylic acid groups (broad SMARTS) is 1. The number of aromatic nitrogens is 1. The van der Waals surface area contributed by atoms with Crippen molar-refractivity contribution in [1.29, 1.82) is 5.26 Å². The predicted molar refractivity (Wildman–Crippen MR) is 119 cm³/mol. The second-order valence-electron chi connectivity index (χ2n) is 7.97. The maximum atomic E-state index is 12.6. The molecular formula is C24H16BrClN2O4. The van der Waals surface area contributed by atoms with Crippen molar-refractivity contribution >= 4 is 33.5 Å². The van der Waals surface area contributed by atoms with Gasteiger partial charge >= 0.3 is 5.97 Å². The maximum Gasteiger partial charge on any atom is 0.308 e. The van der Waals surface area contributed by atoms with E-state index in [1.807, 2.05) is 6.07 Å². The zero-order valence-corrected chi connectivity index (χ0v) is 18.8. The Morgan fingerprint density at radius 1 is 1.19 bits per heavy atom. The third-order valence-electron chi connectivity index (χ3n) is 6.48. The number of nitrogens with zero attached hydrogens (tertiary/aromatic N) is 2. The van der Waals surface area contributed by atoms with Gasteiger partial charge < -0.3 is 14.9 Å². The molecule has 160 valence electrons. The Bertz CT molecular complexity index is 1260. The van der Waals surface area contributed by atoms with Gasteiger partial charge in [0.1, 0.15) is 11.4 Å². The summed E-state index contributed by atoms with van der Waals surface area (Å²) in [5, 5.41) is 33.0. The van der Waals surface area contributed by atoms with Gasteiger partial charge in [-0.3, -0.25) is 9.78 Å². The standard InChI is InChI=1S/C24H16BrClN2O4/c25-15-8-6-14(7-9-15)24-20(13-4-2-1-3-5-13)19(22(29)30)17(11-27)23(24,31)21-18(32-24)10-16(26)12-28-21/h1-10,12,17,19-20,31H,(H,29,30). The molecule has 1 fully saturated rings. The van der Waals surface area contributed by atoms with Gasteiger partial charge in [-0.2, -0.15) is 5.26 Å². The molecule has 6 nitrogen and oxygen atoms in total. The quantitative estimate of drug-likeness (QED) is 0.532. The summed E-state index contributed by atoms with van der Waals surface area (Å²) in [6, 6.07) is 19.7. The molecule has 0 amide bonds. The fourth-order valence-electron chi connectivity index (χ4n) is 5.31. The second-order valence-corrected chi connectivity index (χ2v) is 9.32. The molecule has 0 radical (unpaired) electrons. The number of benzene rings is 2. The van der Waals surface area contributed by atoms with Crippen molar-refractivity contribution < 1.29 is 19.7 Å². The van der Waals surface area contributed by atoms with Crippen LogP contribution in [-0.4, -0.2) is 21.2 Å². The molecule has 0 bridgehead atoms. The van der Waals surface area contributed by atoms with E-state index in [9.17, 15) is 20.3 Å².